The van der Waals surface area contributed by atoms with Crippen LogP contribution in [0.3, 0.4) is 0 Å². The highest BCUT2D eigenvalue weighted by Gasteiger charge is 2.33. The second-order valence-electron chi connectivity index (χ2n) is 5.45. The van der Waals surface area contributed by atoms with E-state index in [2.05, 4.69) is 10.6 Å². The smallest absolute Gasteiger partial charge is 0.376 e. The Morgan fingerprint density at radius 2 is 1.91 bits per heavy atom. The molecule has 1 saturated carbocycles. The second kappa shape index (κ2) is 7.22. The van der Waals surface area contributed by atoms with Gasteiger partial charge in [-0.15, -0.1) is 0 Å². The first-order valence-electron chi connectivity index (χ1n) is 7.26. The van der Waals surface area contributed by atoms with E-state index in [1.165, 1.54) is 18.6 Å². The lowest BCUT2D eigenvalue weighted by Crippen LogP contribution is -2.39. The summed E-state index contributed by atoms with van der Waals surface area (Å²) in [5.74, 6) is -0.213. The fourth-order valence-electron chi connectivity index (χ4n) is 2.56. The van der Waals surface area contributed by atoms with Crippen LogP contribution < -0.4 is 10.6 Å². The van der Waals surface area contributed by atoms with Crippen molar-refractivity contribution in [3.05, 3.63) is 28.8 Å². The first-order valence-corrected chi connectivity index (χ1v) is 7.64. The summed E-state index contributed by atoms with van der Waals surface area (Å²) in [5, 5.41) is 5.24. The van der Waals surface area contributed by atoms with Gasteiger partial charge in [0, 0.05) is 11.7 Å². The van der Waals surface area contributed by atoms with E-state index < -0.39 is 11.7 Å². The summed E-state index contributed by atoms with van der Waals surface area (Å²) in [6.45, 7) is -0.0601. The van der Waals surface area contributed by atoms with Crippen molar-refractivity contribution in [3.63, 3.8) is 0 Å². The van der Waals surface area contributed by atoms with Gasteiger partial charge < -0.3 is 10.6 Å². The zero-order valence-corrected chi connectivity index (χ0v) is 12.7. The highest BCUT2D eigenvalue weighted by molar-refractivity contribution is 6.31. The van der Waals surface area contributed by atoms with Crippen LogP contribution >= 0.6 is 11.6 Å². The number of alkyl halides is 3. The Morgan fingerprint density at radius 1 is 1.23 bits per heavy atom. The van der Waals surface area contributed by atoms with Crippen molar-refractivity contribution >= 4 is 23.2 Å². The van der Waals surface area contributed by atoms with E-state index in [4.69, 9.17) is 11.6 Å². The highest BCUT2D eigenvalue weighted by atomic mass is 35.5. The summed E-state index contributed by atoms with van der Waals surface area (Å²) < 4.78 is 38.2. The highest BCUT2D eigenvalue weighted by Crippen LogP contribution is 2.36. The molecule has 3 nitrogen and oxygen atoms in total. The van der Waals surface area contributed by atoms with E-state index >= 15 is 0 Å². The average molecular weight is 335 g/mol. The van der Waals surface area contributed by atoms with E-state index in [-0.39, 0.29) is 29.2 Å². The van der Waals surface area contributed by atoms with Crippen molar-refractivity contribution in [1.29, 1.82) is 0 Å². The van der Waals surface area contributed by atoms with Crippen LogP contribution in [0.1, 0.15) is 37.7 Å². The van der Waals surface area contributed by atoms with Crippen molar-refractivity contribution in [2.24, 2.45) is 0 Å². The van der Waals surface area contributed by atoms with Crippen molar-refractivity contribution in [3.8, 4) is 0 Å². The Balaban J connectivity index is 1.89. The number of hydrogen-bond donors (Lipinski definition) is 2. The molecule has 0 saturated heterocycles. The molecule has 1 aromatic carbocycles. The fraction of sp³-hybridized carbons (Fsp3) is 0.533. The Morgan fingerprint density at radius 3 is 2.55 bits per heavy atom. The largest absolute Gasteiger partial charge is 0.417 e. The molecule has 0 heterocycles. The fourth-order valence-corrected chi connectivity index (χ4v) is 2.79. The Labute approximate surface area is 132 Å². The molecule has 122 valence electrons. The predicted molar refractivity (Wildman–Crippen MR) is 80.0 cm³/mol. The van der Waals surface area contributed by atoms with Gasteiger partial charge in [-0.05, 0) is 31.0 Å². The predicted octanol–water partition coefficient (Wildman–Crippen LogP) is 4.22. The Kier molecular flexibility index (Phi) is 5.56. The molecule has 0 aromatic heterocycles. The number of halogens is 4. The van der Waals surface area contributed by atoms with Crippen LogP contribution in [0.25, 0.3) is 0 Å². The Hall–Kier alpha value is -1.43. The first kappa shape index (κ1) is 16.9. The van der Waals surface area contributed by atoms with Crippen molar-refractivity contribution < 1.29 is 18.0 Å². The van der Waals surface area contributed by atoms with E-state index in [1.54, 1.807) is 0 Å². The maximum Gasteiger partial charge on any atom is 0.417 e. The van der Waals surface area contributed by atoms with E-state index in [9.17, 15) is 18.0 Å². The molecule has 0 atom stereocenters. The summed E-state index contributed by atoms with van der Waals surface area (Å²) in [5.41, 5.74) is -0.692. The van der Waals surface area contributed by atoms with Crippen LogP contribution in [0.5, 0.6) is 0 Å². The van der Waals surface area contributed by atoms with Gasteiger partial charge in [-0.25, -0.2) is 0 Å². The third-order valence-electron chi connectivity index (χ3n) is 3.70. The molecular weight excluding hydrogens is 317 g/mol. The van der Waals surface area contributed by atoms with Gasteiger partial charge in [-0.2, -0.15) is 13.2 Å². The molecule has 0 radical (unpaired) electrons. The normalized spacial score (nSPS) is 16.4. The van der Waals surface area contributed by atoms with E-state index in [0.29, 0.717) is 0 Å². The SMILES string of the molecule is O=C(CNc1ccc(Cl)c(C(F)(F)F)c1)NC1CCCCC1. The summed E-state index contributed by atoms with van der Waals surface area (Å²) in [7, 11) is 0. The molecule has 1 fully saturated rings. The molecule has 2 N–H and O–H groups in total. The van der Waals surface area contributed by atoms with Crippen LogP contribution in [0, 0.1) is 0 Å². The molecule has 0 aliphatic heterocycles. The van der Waals surface area contributed by atoms with Crippen LogP contribution in [-0.2, 0) is 11.0 Å². The number of carbonyl (C=O) groups excluding carboxylic acids is 1. The van der Waals surface area contributed by atoms with Gasteiger partial charge in [-0.3, -0.25) is 4.79 Å². The monoisotopic (exact) mass is 334 g/mol. The van der Waals surface area contributed by atoms with Crippen molar-refractivity contribution in [2.45, 2.75) is 44.3 Å². The molecule has 1 aliphatic rings. The number of nitrogens with one attached hydrogen (secondary N) is 2. The minimum Gasteiger partial charge on any atom is -0.376 e. The lowest BCUT2D eigenvalue weighted by atomic mass is 9.95. The molecular formula is C15H18ClF3N2O. The van der Waals surface area contributed by atoms with Crippen LogP contribution in [-0.4, -0.2) is 18.5 Å². The average Bonchev–Trinajstić information content (AvgIpc) is 2.46. The molecule has 2 rings (SSSR count). The molecule has 22 heavy (non-hydrogen) atoms. The van der Waals surface area contributed by atoms with Gasteiger partial charge in [0.25, 0.3) is 0 Å². The van der Waals surface area contributed by atoms with Crippen molar-refractivity contribution in [1.82, 2.24) is 5.32 Å². The summed E-state index contributed by atoms with van der Waals surface area (Å²) in [4.78, 5) is 11.8. The van der Waals surface area contributed by atoms with Gasteiger partial charge in [0.2, 0.25) is 5.91 Å². The topological polar surface area (TPSA) is 41.1 Å². The number of amides is 1. The lowest BCUT2D eigenvalue weighted by Gasteiger charge is -2.23. The maximum atomic E-state index is 12.7. The van der Waals surface area contributed by atoms with Gasteiger partial charge >= 0.3 is 6.18 Å². The molecule has 1 aliphatic carbocycles. The summed E-state index contributed by atoms with van der Waals surface area (Å²) in [6.07, 6.45) is 0.805. The quantitative estimate of drug-likeness (QED) is 0.865. The zero-order chi connectivity index (χ0) is 16.2. The number of anilines is 1. The second-order valence-corrected chi connectivity index (χ2v) is 5.86. The zero-order valence-electron chi connectivity index (χ0n) is 12.0. The molecule has 1 aromatic rings. The van der Waals surface area contributed by atoms with Crippen LogP contribution in [0.2, 0.25) is 5.02 Å². The minimum absolute atomic E-state index is 0.0601. The van der Waals surface area contributed by atoms with Crippen LogP contribution in [0.4, 0.5) is 18.9 Å². The Bertz CT molecular complexity index is 528. The molecule has 0 spiro atoms. The van der Waals surface area contributed by atoms with Gasteiger partial charge in [0.15, 0.2) is 0 Å². The molecule has 0 bridgehead atoms. The molecule has 0 unspecified atom stereocenters. The number of carbonyl (C=O) groups is 1. The van der Waals surface area contributed by atoms with Crippen LogP contribution in [0.15, 0.2) is 18.2 Å². The lowest BCUT2D eigenvalue weighted by molar-refractivity contribution is -0.137. The molecule has 1 amide bonds. The third kappa shape index (κ3) is 4.80. The van der Waals surface area contributed by atoms with Gasteiger partial charge in [-0.1, -0.05) is 30.9 Å². The number of hydrogen-bond acceptors (Lipinski definition) is 2. The van der Waals surface area contributed by atoms with Gasteiger partial charge in [0.1, 0.15) is 0 Å². The number of rotatable bonds is 4. The third-order valence-corrected chi connectivity index (χ3v) is 4.02. The maximum absolute atomic E-state index is 12.7. The van der Waals surface area contributed by atoms with Crippen molar-refractivity contribution in [2.75, 3.05) is 11.9 Å². The minimum atomic E-state index is -4.51. The standard InChI is InChI=1S/C15H18ClF3N2O/c16-13-7-6-11(8-12(13)15(17,18)19)20-9-14(22)21-10-4-2-1-3-5-10/h6-8,10,20H,1-5,9H2,(H,21,22). The van der Waals surface area contributed by atoms with E-state index in [1.807, 2.05) is 0 Å². The first-order chi connectivity index (χ1) is 10.4. The van der Waals surface area contributed by atoms with Gasteiger partial charge in [0.05, 0.1) is 17.1 Å². The van der Waals surface area contributed by atoms with E-state index in [0.717, 1.165) is 31.7 Å². The molecule has 7 heteroatoms. The summed E-state index contributed by atoms with van der Waals surface area (Å²) >= 11 is 5.55. The number of benzene rings is 1. The summed E-state index contributed by atoms with van der Waals surface area (Å²) in [6, 6.07) is 3.69.